The molecule has 116 valence electrons. The van der Waals surface area contributed by atoms with Crippen LogP contribution in [0.15, 0.2) is 59.4 Å². The first-order chi connectivity index (χ1) is 11.3. The van der Waals surface area contributed by atoms with Gasteiger partial charge in [-0.25, -0.2) is 4.98 Å². The molecular formula is C19H19N3O. The summed E-state index contributed by atoms with van der Waals surface area (Å²) in [5.74, 6) is 0.747. The van der Waals surface area contributed by atoms with Gasteiger partial charge in [-0.15, -0.1) is 0 Å². The van der Waals surface area contributed by atoms with Crippen molar-refractivity contribution in [1.29, 1.82) is 0 Å². The predicted octanol–water partition coefficient (Wildman–Crippen LogP) is 3.26. The molecule has 1 atom stereocenters. The number of fused-ring (bicyclic) bond motifs is 1. The van der Waals surface area contributed by atoms with E-state index >= 15 is 0 Å². The number of aromatic amines is 1. The van der Waals surface area contributed by atoms with Crippen LogP contribution >= 0.6 is 0 Å². The number of nitrogens with one attached hydrogen (secondary N) is 1. The van der Waals surface area contributed by atoms with E-state index < -0.39 is 0 Å². The molecule has 23 heavy (non-hydrogen) atoms. The average molecular weight is 305 g/mol. The van der Waals surface area contributed by atoms with Gasteiger partial charge in [-0.05, 0) is 37.1 Å². The van der Waals surface area contributed by atoms with E-state index in [1.165, 1.54) is 12.0 Å². The molecule has 4 nitrogen and oxygen atoms in total. The fraction of sp³-hybridized carbons (Fsp3) is 0.263. The van der Waals surface area contributed by atoms with Gasteiger partial charge in [0, 0.05) is 6.04 Å². The van der Waals surface area contributed by atoms with Crippen LogP contribution in [-0.2, 0) is 6.54 Å². The lowest BCUT2D eigenvalue weighted by Crippen LogP contribution is -2.25. The summed E-state index contributed by atoms with van der Waals surface area (Å²) in [6.07, 6.45) is 2.33. The summed E-state index contributed by atoms with van der Waals surface area (Å²) < 4.78 is 0. The topological polar surface area (TPSA) is 49.0 Å². The minimum Gasteiger partial charge on any atom is -0.309 e. The normalized spacial score (nSPS) is 18.5. The van der Waals surface area contributed by atoms with E-state index in [2.05, 4.69) is 39.1 Å². The Labute approximate surface area is 134 Å². The predicted molar refractivity (Wildman–Crippen MR) is 91.2 cm³/mol. The van der Waals surface area contributed by atoms with Crippen molar-refractivity contribution in [3.05, 3.63) is 76.3 Å². The van der Waals surface area contributed by atoms with Gasteiger partial charge in [-0.2, -0.15) is 0 Å². The smallest absolute Gasteiger partial charge is 0.258 e. The highest BCUT2D eigenvalue weighted by Crippen LogP contribution is 2.32. The van der Waals surface area contributed by atoms with Crippen molar-refractivity contribution in [3.63, 3.8) is 0 Å². The molecular weight excluding hydrogens is 286 g/mol. The summed E-state index contributed by atoms with van der Waals surface area (Å²) in [4.78, 5) is 22.2. The zero-order chi connectivity index (χ0) is 15.6. The molecule has 1 N–H and O–H groups in total. The largest absolute Gasteiger partial charge is 0.309 e. The van der Waals surface area contributed by atoms with Crippen LogP contribution in [0.25, 0.3) is 10.9 Å². The average Bonchev–Trinajstić information content (AvgIpc) is 3.04. The van der Waals surface area contributed by atoms with Gasteiger partial charge >= 0.3 is 0 Å². The van der Waals surface area contributed by atoms with Crippen molar-refractivity contribution in [1.82, 2.24) is 14.9 Å². The van der Waals surface area contributed by atoms with E-state index in [0.717, 1.165) is 24.3 Å². The molecule has 0 saturated carbocycles. The van der Waals surface area contributed by atoms with Gasteiger partial charge in [0.1, 0.15) is 5.82 Å². The number of H-pyrrole nitrogens is 1. The zero-order valence-electron chi connectivity index (χ0n) is 12.9. The lowest BCUT2D eigenvalue weighted by molar-refractivity contribution is 0.242. The Hall–Kier alpha value is -2.46. The number of para-hydroxylation sites is 1. The van der Waals surface area contributed by atoms with Crippen molar-refractivity contribution < 1.29 is 0 Å². The minimum absolute atomic E-state index is 0.0546. The number of hydrogen-bond acceptors (Lipinski definition) is 3. The fourth-order valence-electron chi connectivity index (χ4n) is 3.47. The molecule has 0 spiro atoms. The highest BCUT2D eigenvalue weighted by Gasteiger charge is 2.26. The van der Waals surface area contributed by atoms with Gasteiger partial charge in [-0.1, -0.05) is 42.5 Å². The third-order valence-electron chi connectivity index (χ3n) is 4.56. The number of aromatic nitrogens is 2. The van der Waals surface area contributed by atoms with E-state index in [9.17, 15) is 4.79 Å². The van der Waals surface area contributed by atoms with Gasteiger partial charge in [0.15, 0.2) is 0 Å². The van der Waals surface area contributed by atoms with Crippen LogP contribution in [0.1, 0.15) is 30.3 Å². The van der Waals surface area contributed by atoms with Crippen LogP contribution in [0.5, 0.6) is 0 Å². The highest BCUT2D eigenvalue weighted by molar-refractivity contribution is 5.77. The molecule has 0 radical (unpaired) electrons. The Morgan fingerprint density at radius 2 is 1.87 bits per heavy atom. The van der Waals surface area contributed by atoms with Gasteiger partial charge in [-0.3, -0.25) is 9.69 Å². The summed E-state index contributed by atoms with van der Waals surface area (Å²) >= 11 is 0. The standard InChI is InChI=1S/C19H19N3O/c23-19-15-9-4-5-10-16(15)20-18(21-19)13-22-12-6-11-17(22)14-7-2-1-3-8-14/h1-5,7-10,17H,6,11-13H2,(H,20,21,23). The van der Waals surface area contributed by atoms with E-state index in [1.54, 1.807) is 0 Å². The maximum atomic E-state index is 12.2. The van der Waals surface area contributed by atoms with Crippen LogP contribution in [0, 0.1) is 0 Å². The van der Waals surface area contributed by atoms with E-state index in [1.807, 2.05) is 30.3 Å². The summed E-state index contributed by atoms with van der Waals surface area (Å²) in [6.45, 7) is 1.72. The molecule has 0 aliphatic carbocycles. The lowest BCUT2D eigenvalue weighted by Gasteiger charge is -2.24. The Bertz CT molecular complexity index is 872. The second-order valence-electron chi connectivity index (χ2n) is 6.07. The minimum atomic E-state index is -0.0546. The van der Waals surface area contributed by atoms with Crippen LogP contribution in [0.4, 0.5) is 0 Å². The number of nitrogens with zero attached hydrogens (tertiary/aromatic N) is 2. The molecule has 2 aromatic carbocycles. The molecule has 3 aromatic rings. The highest BCUT2D eigenvalue weighted by atomic mass is 16.1. The van der Waals surface area contributed by atoms with E-state index in [0.29, 0.717) is 18.0 Å². The maximum absolute atomic E-state index is 12.2. The first-order valence-electron chi connectivity index (χ1n) is 8.08. The molecule has 2 heterocycles. The van der Waals surface area contributed by atoms with Gasteiger partial charge in [0.05, 0.1) is 17.4 Å². The molecule has 1 aromatic heterocycles. The van der Waals surface area contributed by atoms with Crippen molar-refractivity contribution in [3.8, 4) is 0 Å². The molecule has 4 heteroatoms. The molecule has 1 fully saturated rings. The fourth-order valence-corrected chi connectivity index (χ4v) is 3.47. The van der Waals surface area contributed by atoms with Crippen molar-refractivity contribution in [2.24, 2.45) is 0 Å². The Balaban J connectivity index is 1.63. The van der Waals surface area contributed by atoms with Crippen LogP contribution in [-0.4, -0.2) is 21.4 Å². The van der Waals surface area contributed by atoms with E-state index in [-0.39, 0.29) is 5.56 Å². The van der Waals surface area contributed by atoms with Gasteiger partial charge < -0.3 is 4.98 Å². The zero-order valence-corrected chi connectivity index (χ0v) is 12.9. The van der Waals surface area contributed by atoms with Crippen molar-refractivity contribution in [2.75, 3.05) is 6.54 Å². The second kappa shape index (κ2) is 5.97. The molecule has 1 unspecified atom stereocenters. The Morgan fingerprint density at radius 1 is 1.09 bits per heavy atom. The SMILES string of the molecule is O=c1[nH]c(CN2CCCC2c2ccccc2)nc2ccccc12. The summed E-state index contributed by atoms with van der Waals surface area (Å²) in [5.41, 5.74) is 2.05. The maximum Gasteiger partial charge on any atom is 0.258 e. The molecule has 4 rings (SSSR count). The van der Waals surface area contributed by atoms with E-state index in [4.69, 9.17) is 0 Å². The number of hydrogen-bond donors (Lipinski definition) is 1. The quantitative estimate of drug-likeness (QED) is 0.808. The second-order valence-corrected chi connectivity index (χ2v) is 6.07. The van der Waals surface area contributed by atoms with Crippen LogP contribution in [0.2, 0.25) is 0 Å². The third kappa shape index (κ3) is 2.78. The van der Waals surface area contributed by atoms with Crippen LogP contribution in [0.3, 0.4) is 0 Å². The van der Waals surface area contributed by atoms with Gasteiger partial charge in [0.25, 0.3) is 5.56 Å². The number of rotatable bonds is 3. The third-order valence-corrected chi connectivity index (χ3v) is 4.56. The summed E-state index contributed by atoms with van der Waals surface area (Å²) in [7, 11) is 0. The Kier molecular flexibility index (Phi) is 3.67. The molecule has 0 bridgehead atoms. The number of likely N-dealkylation sites (tertiary alicyclic amines) is 1. The molecule has 0 amide bonds. The Morgan fingerprint density at radius 3 is 2.74 bits per heavy atom. The first-order valence-corrected chi connectivity index (χ1v) is 8.08. The monoisotopic (exact) mass is 305 g/mol. The van der Waals surface area contributed by atoms with Crippen molar-refractivity contribution in [2.45, 2.75) is 25.4 Å². The molecule has 1 saturated heterocycles. The lowest BCUT2D eigenvalue weighted by atomic mass is 10.0. The summed E-state index contributed by atoms with van der Waals surface area (Å²) in [5, 5.41) is 0.650. The number of benzene rings is 2. The van der Waals surface area contributed by atoms with Crippen LogP contribution < -0.4 is 5.56 Å². The van der Waals surface area contributed by atoms with Gasteiger partial charge in [0.2, 0.25) is 0 Å². The first kappa shape index (κ1) is 14.2. The molecule has 1 aliphatic rings. The molecule has 1 aliphatic heterocycles. The van der Waals surface area contributed by atoms with Crippen molar-refractivity contribution >= 4 is 10.9 Å². The summed E-state index contributed by atoms with van der Waals surface area (Å²) in [6, 6.07) is 18.5.